The minimum absolute atomic E-state index is 0.0834. The topological polar surface area (TPSA) is 81.2 Å². The van der Waals surface area contributed by atoms with Crippen LogP contribution < -0.4 is 5.73 Å². The van der Waals surface area contributed by atoms with Crippen LogP contribution in [0.4, 0.5) is 26.3 Å². The van der Waals surface area contributed by atoms with Gasteiger partial charge in [0.1, 0.15) is 11.7 Å². The van der Waals surface area contributed by atoms with Gasteiger partial charge in [0.05, 0.1) is 12.0 Å². The molecule has 2 heterocycles. The molecular formula is C20H18F6N4O. The van der Waals surface area contributed by atoms with Crippen LogP contribution >= 0.6 is 0 Å². The Morgan fingerprint density at radius 1 is 1.16 bits per heavy atom. The molecule has 1 aliphatic rings. The summed E-state index contributed by atoms with van der Waals surface area (Å²) in [6, 6.07) is 3.14. The van der Waals surface area contributed by atoms with E-state index in [4.69, 9.17) is 5.73 Å². The van der Waals surface area contributed by atoms with Crippen LogP contribution in [0.1, 0.15) is 54.0 Å². The number of ketones is 1. The predicted molar refractivity (Wildman–Crippen MR) is 99.5 cm³/mol. The number of alkyl halides is 5. The van der Waals surface area contributed by atoms with Crippen molar-refractivity contribution in [1.82, 2.24) is 9.97 Å². The summed E-state index contributed by atoms with van der Waals surface area (Å²) in [6.45, 7) is 1.81. The highest BCUT2D eigenvalue weighted by Gasteiger charge is 2.60. The maximum absolute atomic E-state index is 14.8. The van der Waals surface area contributed by atoms with Gasteiger partial charge in [-0.2, -0.15) is 0 Å². The smallest absolute Gasteiger partial charge is 0.297 e. The van der Waals surface area contributed by atoms with Crippen molar-refractivity contribution >= 4 is 11.6 Å². The number of amidine groups is 1. The van der Waals surface area contributed by atoms with Crippen LogP contribution in [0.3, 0.4) is 0 Å². The van der Waals surface area contributed by atoms with Crippen molar-refractivity contribution in [2.75, 3.05) is 0 Å². The maximum atomic E-state index is 14.8. The molecule has 0 aliphatic carbocycles. The van der Waals surface area contributed by atoms with Crippen LogP contribution in [0.15, 0.2) is 35.6 Å². The predicted octanol–water partition coefficient (Wildman–Crippen LogP) is 4.32. The van der Waals surface area contributed by atoms with Gasteiger partial charge in [-0.05, 0) is 31.5 Å². The number of hydrogen-bond acceptors (Lipinski definition) is 5. The molecule has 5 nitrogen and oxygen atoms in total. The van der Waals surface area contributed by atoms with Gasteiger partial charge in [0.15, 0.2) is 22.8 Å². The van der Waals surface area contributed by atoms with E-state index in [9.17, 15) is 31.1 Å². The second-order valence-corrected chi connectivity index (χ2v) is 7.69. The second-order valence-electron chi connectivity index (χ2n) is 7.69. The van der Waals surface area contributed by atoms with Gasteiger partial charge in [0.25, 0.3) is 12.3 Å². The fraction of sp³-hybridized carbons (Fsp3) is 0.400. The number of Topliss-reactive ketones (excluding diaryl/α,β-unsaturated/α-hetero) is 1. The Bertz CT molecular complexity index is 1040. The van der Waals surface area contributed by atoms with Crippen LogP contribution in [-0.4, -0.2) is 33.2 Å². The molecule has 0 amide bonds. The minimum atomic E-state index is -3.78. The molecule has 0 spiro atoms. The summed E-state index contributed by atoms with van der Waals surface area (Å²) < 4.78 is 83.6. The minimum Gasteiger partial charge on any atom is -0.385 e. The molecule has 0 saturated heterocycles. The summed E-state index contributed by atoms with van der Waals surface area (Å²) in [5, 5.41) is 0. The molecule has 2 N–H and O–H groups in total. The molecule has 2 aromatic rings. The molecule has 1 aliphatic heterocycles. The monoisotopic (exact) mass is 444 g/mol. The third kappa shape index (κ3) is 4.13. The summed E-state index contributed by atoms with van der Waals surface area (Å²) in [5.74, 6) is -6.83. The average Bonchev–Trinajstić information content (AvgIpc) is 2.67. The number of nitrogens with two attached hydrogens (primary N) is 1. The third-order valence-corrected chi connectivity index (χ3v) is 5.25. The summed E-state index contributed by atoms with van der Waals surface area (Å²) in [4.78, 5) is 22.8. The summed E-state index contributed by atoms with van der Waals surface area (Å²) in [5.41, 5.74) is -0.00985. The first-order chi connectivity index (χ1) is 14.3. The van der Waals surface area contributed by atoms with Crippen LogP contribution in [0.5, 0.6) is 0 Å². The number of rotatable bonds is 5. The Labute approximate surface area is 173 Å². The molecule has 1 aromatic heterocycles. The Morgan fingerprint density at radius 3 is 2.35 bits per heavy atom. The largest absolute Gasteiger partial charge is 0.385 e. The van der Waals surface area contributed by atoms with E-state index in [2.05, 4.69) is 15.0 Å². The highest BCUT2D eigenvalue weighted by molar-refractivity contribution is 5.97. The lowest BCUT2D eigenvalue weighted by atomic mass is 9.77. The van der Waals surface area contributed by atoms with Crippen molar-refractivity contribution in [2.24, 2.45) is 10.7 Å². The van der Waals surface area contributed by atoms with Crippen molar-refractivity contribution in [3.05, 3.63) is 58.9 Å². The molecule has 0 fully saturated rings. The molecule has 0 bridgehead atoms. The molecule has 31 heavy (non-hydrogen) atoms. The molecule has 11 heteroatoms. The standard InChI is InChI=1S/C20H18F6N4O/c1-18(24)9-20(25,26)19(2,30-17(18)27)12-5-10(3-4-13(12)21)6-14(31)11-7-28-16(15(22)23)29-8-11/h3-5,7-8,15H,6,9H2,1-2H3,(H2,27,30)/t18-,19-/m1/s1. The van der Waals surface area contributed by atoms with Crippen molar-refractivity contribution in [3.8, 4) is 0 Å². The third-order valence-electron chi connectivity index (χ3n) is 5.25. The van der Waals surface area contributed by atoms with E-state index in [0.29, 0.717) is 0 Å². The first-order valence-electron chi connectivity index (χ1n) is 9.11. The molecule has 0 saturated carbocycles. The lowest BCUT2D eigenvalue weighted by Crippen LogP contribution is -2.56. The fourth-order valence-corrected chi connectivity index (χ4v) is 3.31. The van der Waals surface area contributed by atoms with E-state index < -0.39 is 58.8 Å². The molecule has 166 valence electrons. The zero-order chi connectivity index (χ0) is 23.2. The Kier molecular flexibility index (Phi) is 5.57. The highest BCUT2D eigenvalue weighted by atomic mass is 19.3. The Balaban J connectivity index is 1.95. The zero-order valence-electron chi connectivity index (χ0n) is 16.5. The van der Waals surface area contributed by atoms with Crippen LogP contribution in [-0.2, 0) is 12.0 Å². The normalized spacial score (nSPS) is 25.4. The van der Waals surface area contributed by atoms with Crippen molar-refractivity contribution < 1.29 is 31.1 Å². The van der Waals surface area contributed by atoms with E-state index in [-0.39, 0.29) is 17.5 Å². The average molecular weight is 444 g/mol. The van der Waals surface area contributed by atoms with Crippen LogP contribution in [0, 0.1) is 5.82 Å². The SMILES string of the molecule is C[C@@]1(F)CC(F)(F)[C@@](C)(c2cc(CC(=O)c3cnc(C(F)F)nc3)ccc2F)N=C1N. The van der Waals surface area contributed by atoms with Gasteiger partial charge in [0, 0.05) is 24.4 Å². The van der Waals surface area contributed by atoms with Gasteiger partial charge in [-0.15, -0.1) is 0 Å². The van der Waals surface area contributed by atoms with Crippen molar-refractivity contribution in [1.29, 1.82) is 0 Å². The van der Waals surface area contributed by atoms with Crippen LogP contribution in [0.25, 0.3) is 0 Å². The first kappa shape index (κ1) is 22.7. The highest BCUT2D eigenvalue weighted by Crippen LogP contribution is 2.50. The Hall–Kier alpha value is -2.98. The number of benzene rings is 1. The van der Waals surface area contributed by atoms with Crippen LogP contribution in [0.2, 0.25) is 0 Å². The van der Waals surface area contributed by atoms with Gasteiger partial charge in [-0.1, -0.05) is 6.07 Å². The molecule has 3 rings (SSSR count). The number of carbonyl (C=O) groups excluding carboxylic acids is 1. The first-order valence-corrected chi connectivity index (χ1v) is 9.11. The van der Waals surface area contributed by atoms with Crippen molar-refractivity contribution in [3.63, 3.8) is 0 Å². The Morgan fingerprint density at radius 2 is 1.77 bits per heavy atom. The fourth-order valence-electron chi connectivity index (χ4n) is 3.31. The maximum Gasteiger partial charge on any atom is 0.297 e. The van der Waals surface area contributed by atoms with Crippen molar-refractivity contribution in [2.45, 2.75) is 50.2 Å². The quantitative estimate of drug-likeness (QED) is 0.550. The summed E-state index contributed by atoms with van der Waals surface area (Å²) in [7, 11) is 0. The van der Waals surface area contributed by atoms with Gasteiger partial charge < -0.3 is 5.73 Å². The van der Waals surface area contributed by atoms with Gasteiger partial charge in [-0.3, -0.25) is 9.79 Å². The number of halogens is 6. The molecular weight excluding hydrogens is 426 g/mol. The van der Waals surface area contributed by atoms with Gasteiger partial charge in [-0.25, -0.2) is 36.3 Å². The molecule has 2 atom stereocenters. The molecule has 0 radical (unpaired) electrons. The van der Waals surface area contributed by atoms with E-state index in [0.717, 1.165) is 38.4 Å². The second kappa shape index (κ2) is 7.61. The van der Waals surface area contributed by atoms with Gasteiger partial charge in [0.2, 0.25) is 0 Å². The number of carbonyl (C=O) groups is 1. The molecule has 0 unspecified atom stereocenters. The lowest BCUT2D eigenvalue weighted by molar-refractivity contribution is -0.106. The van der Waals surface area contributed by atoms with Gasteiger partial charge >= 0.3 is 0 Å². The van der Waals surface area contributed by atoms with E-state index in [1.54, 1.807) is 0 Å². The van der Waals surface area contributed by atoms with E-state index in [1.165, 1.54) is 6.07 Å². The number of aromatic nitrogens is 2. The summed E-state index contributed by atoms with van der Waals surface area (Å²) in [6.07, 6.45) is -2.72. The number of hydrogen-bond donors (Lipinski definition) is 1. The molecule has 1 aromatic carbocycles. The summed E-state index contributed by atoms with van der Waals surface area (Å²) >= 11 is 0. The van der Waals surface area contributed by atoms with E-state index in [1.807, 2.05) is 0 Å². The zero-order valence-corrected chi connectivity index (χ0v) is 16.5. The number of aliphatic imine (C=N–C) groups is 1. The lowest BCUT2D eigenvalue weighted by Gasteiger charge is -2.42. The number of nitrogens with zero attached hydrogens (tertiary/aromatic N) is 3. The van der Waals surface area contributed by atoms with E-state index >= 15 is 0 Å².